The SMILES string of the molecule is COC(=O)Cn1c(=NC(C)=O)sc2ccc([N+](=O)[O-])cc21. The van der Waals surface area contributed by atoms with Crippen molar-refractivity contribution < 1.29 is 19.2 Å². The van der Waals surface area contributed by atoms with Crippen LogP contribution in [0.5, 0.6) is 0 Å². The number of methoxy groups -OCH3 is 1. The van der Waals surface area contributed by atoms with E-state index in [1.165, 1.54) is 42.1 Å². The molecule has 0 fully saturated rings. The summed E-state index contributed by atoms with van der Waals surface area (Å²) >= 11 is 1.17. The number of nitro benzene ring substituents is 1. The van der Waals surface area contributed by atoms with Crippen LogP contribution in [0.25, 0.3) is 10.2 Å². The van der Waals surface area contributed by atoms with E-state index in [2.05, 4.69) is 9.73 Å². The number of hydrogen-bond acceptors (Lipinski definition) is 6. The van der Waals surface area contributed by atoms with Crippen molar-refractivity contribution in [2.24, 2.45) is 4.99 Å². The number of nitrogens with zero attached hydrogens (tertiary/aromatic N) is 3. The molecular weight excluding hydrogens is 298 g/mol. The topological polar surface area (TPSA) is 104 Å². The molecular formula is C12H11N3O5S. The molecule has 0 saturated heterocycles. The van der Waals surface area contributed by atoms with Gasteiger partial charge in [0, 0.05) is 19.1 Å². The van der Waals surface area contributed by atoms with Crippen molar-refractivity contribution in [3.8, 4) is 0 Å². The number of thiazole rings is 1. The maximum atomic E-state index is 11.5. The quantitative estimate of drug-likeness (QED) is 0.482. The zero-order valence-electron chi connectivity index (χ0n) is 11.2. The number of aromatic nitrogens is 1. The molecule has 0 atom stereocenters. The van der Waals surface area contributed by atoms with Crippen LogP contribution in [0.3, 0.4) is 0 Å². The van der Waals surface area contributed by atoms with Crippen molar-refractivity contribution in [3.05, 3.63) is 33.1 Å². The number of nitro groups is 1. The van der Waals surface area contributed by atoms with Crippen molar-refractivity contribution in [2.45, 2.75) is 13.5 Å². The molecule has 21 heavy (non-hydrogen) atoms. The molecule has 1 aromatic heterocycles. The normalized spacial score (nSPS) is 11.6. The molecule has 0 aliphatic rings. The third-order valence-corrected chi connectivity index (χ3v) is 3.70. The van der Waals surface area contributed by atoms with E-state index in [9.17, 15) is 19.7 Å². The van der Waals surface area contributed by atoms with Crippen molar-refractivity contribution >= 4 is 39.1 Å². The standard InChI is InChI=1S/C12H11N3O5S/c1-7(16)13-12-14(6-11(17)20-2)9-5-8(15(18)19)3-4-10(9)21-12/h3-5H,6H2,1-2H3. The largest absolute Gasteiger partial charge is 0.468 e. The molecule has 110 valence electrons. The lowest BCUT2D eigenvalue weighted by Crippen LogP contribution is -2.22. The molecule has 0 aliphatic carbocycles. The lowest BCUT2D eigenvalue weighted by molar-refractivity contribution is -0.384. The van der Waals surface area contributed by atoms with E-state index in [-0.39, 0.29) is 12.2 Å². The van der Waals surface area contributed by atoms with Gasteiger partial charge in [0.15, 0.2) is 4.80 Å². The van der Waals surface area contributed by atoms with E-state index in [1.54, 1.807) is 6.07 Å². The van der Waals surface area contributed by atoms with E-state index in [4.69, 9.17) is 0 Å². The number of non-ortho nitro benzene ring substituents is 1. The van der Waals surface area contributed by atoms with Gasteiger partial charge in [-0.2, -0.15) is 4.99 Å². The Bertz CT molecular complexity index is 805. The summed E-state index contributed by atoms with van der Waals surface area (Å²) in [5.74, 6) is -0.958. The second kappa shape index (κ2) is 5.83. The molecule has 2 aromatic rings. The summed E-state index contributed by atoms with van der Waals surface area (Å²) < 4.78 is 6.71. The first-order valence-corrected chi connectivity index (χ1v) is 6.64. The van der Waals surface area contributed by atoms with Crippen molar-refractivity contribution in [2.75, 3.05) is 7.11 Å². The fourth-order valence-electron chi connectivity index (χ4n) is 1.74. The highest BCUT2D eigenvalue weighted by atomic mass is 32.1. The summed E-state index contributed by atoms with van der Waals surface area (Å²) in [5, 5.41) is 10.8. The Balaban J connectivity index is 2.72. The fraction of sp³-hybridized carbons (Fsp3) is 0.250. The number of hydrogen-bond donors (Lipinski definition) is 0. The van der Waals surface area contributed by atoms with E-state index in [1.807, 2.05) is 0 Å². The third kappa shape index (κ3) is 3.14. The Kier molecular flexibility index (Phi) is 4.13. The Morgan fingerprint density at radius 3 is 2.76 bits per heavy atom. The summed E-state index contributed by atoms with van der Waals surface area (Å²) in [4.78, 5) is 37.1. The van der Waals surface area contributed by atoms with Gasteiger partial charge in [0.05, 0.1) is 22.2 Å². The lowest BCUT2D eigenvalue weighted by Gasteiger charge is -2.03. The number of esters is 1. The number of ether oxygens (including phenoxy) is 1. The molecule has 1 amide bonds. The highest BCUT2D eigenvalue weighted by Crippen LogP contribution is 2.23. The molecule has 0 radical (unpaired) electrons. The Hall–Kier alpha value is -2.55. The minimum atomic E-state index is -0.536. The van der Waals surface area contributed by atoms with Gasteiger partial charge in [-0.25, -0.2) is 0 Å². The predicted molar refractivity (Wildman–Crippen MR) is 74.7 cm³/mol. The van der Waals surface area contributed by atoms with E-state index < -0.39 is 16.8 Å². The highest BCUT2D eigenvalue weighted by Gasteiger charge is 2.14. The van der Waals surface area contributed by atoms with Gasteiger partial charge >= 0.3 is 5.97 Å². The van der Waals surface area contributed by atoms with Crippen LogP contribution in [0.4, 0.5) is 5.69 Å². The molecule has 1 heterocycles. The number of fused-ring (bicyclic) bond motifs is 1. The van der Waals surface area contributed by atoms with Crippen LogP contribution in [0.1, 0.15) is 6.92 Å². The molecule has 0 bridgehead atoms. The van der Waals surface area contributed by atoms with Gasteiger partial charge in [-0.1, -0.05) is 11.3 Å². The van der Waals surface area contributed by atoms with E-state index in [0.29, 0.717) is 15.0 Å². The van der Waals surface area contributed by atoms with Gasteiger partial charge < -0.3 is 9.30 Å². The maximum absolute atomic E-state index is 11.5. The van der Waals surface area contributed by atoms with Gasteiger partial charge in [0.1, 0.15) is 6.54 Å². The summed E-state index contributed by atoms with van der Waals surface area (Å²) in [7, 11) is 1.24. The van der Waals surface area contributed by atoms with Crippen LogP contribution >= 0.6 is 11.3 Å². The number of benzene rings is 1. The van der Waals surface area contributed by atoms with Crippen molar-refractivity contribution in [3.63, 3.8) is 0 Å². The van der Waals surface area contributed by atoms with Crippen molar-refractivity contribution in [1.29, 1.82) is 0 Å². The highest BCUT2D eigenvalue weighted by molar-refractivity contribution is 7.16. The van der Waals surface area contributed by atoms with Crippen LogP contribution in [0, 0.1) is 10.1 Å². The molecule has 8 nitrogen and oxygen atoms in total. The zero-order chi connectivity index (χ0) is 15.6. The molecule has 9 heteroatoms. The summed E-state index contributed by atoms with van der Waals surface area (Å²) in [6.07, 6.45) is 0. The predicted octanol–water partition coefficient (Wildman–Crippen LogP) is 1.23. The van der Waals surface area contributed by atoms with E-state index in [0.717, 1.165) is 0 Å². The van der Waals surface area contributed by atoms with Gasteiger partial charge in [0.25, 0.3) is 5.69 Å². The average Bonchev–Trinajstić information content (AvgIpc) is 2.74. The first-order valence-electron chi connectivity index (χ1n) is 5.82. The van der Waals surface area contributed by atoms with Crippen LogP contribution in [-0.4, -0.2) is 28.5 Å². The van der Waals surface area contributed by atoms with Gasteiger partial charge in [-0.05, 0) is 6.07 Å². The van der Waals surface area contributed by atoms with Crippen LogP contribution in [0.2, 0.25) is 0 Å². The number of carbonyl (C=O) groups excluding carboxylic acids is 2. The monoisotopic (exact) mass is 309 g/mol. The lowest BCUT2D eigenvalue weighted by atomic mass is 10.3. The van der Waals surface area contributed by atoms with Crippen LogP contribution in [0.15, 0.2) is 23.2 Å². The Morgan fingerprint density at radius 2 is 2.19 bits per heavy atom. The number of carbonyl (C=O) groups is 2. The second-order valence-corrected chi connectivity index (χ2v) is 5.10. The minimum Gasteiger partial charge on any atom is -0.468 e. The van der Waals surface area contributed by atoms with Crippen LogP contribution in [-0.2, 0) is 20.9 Å². The molecule has 2 rings (SSSR count). The first kappa shape index (κ1) is 14.9. The van der Waals surface area contributed by atoms with Gasteiger partial charge in [-0.15, -0.1) is 0 Å². The summed E-state index contributed by atoms with van der Waals surface area (Å²) in [6, 6.07) is 4.26. The van der Waals surface area contributed by atoms with Gasteiger partial charge in [0.2, 0.25) is 5.91 Å². The molecule has 0 saturated carbocycles. The van der Waals surface area contributed by atoms with Gasteiger partial charge in [-0.3, -0.25) is 19.7 Å². The van der Waals surface area contributed by atoms with Crippen molar-refractivity contribution in [1.82, 2.24) is 4.57 Å². The molecule has 0 unspecified atom stereocenters. The Labute approximate surface area is 122 Å². The number of rotatable bonds is 3. The second-order valence-electron chi connectivity index (χ2n) is 4.09. The fourth-order valence-corrected chi connectivity index (χ4v) is 2.79. The number of amides is 1. The molecule has 0 spiro atoms. The Morgan fingerprint density at radius 1 is 1.48 bits per heavy atom. The van der Waals surface area contributed by atoms with Crippen LogP contribution < -0.4 is 4.80 Å². The van der Waals surface area contributed by atoms with E-state index >= 15 is 0 Å². The molecule has 1 aromatic carbocycles. The third-order valence-electron chi connectivity index (χ3n) is 2.64. The maximum Gasteiger partial charge on any atom is 0.325 e. The summed E-state index contributed by atoms with van der Waals surface area (Å²) in [5.41, 5.74) is 0.355. The molecule has 0 aliphatic heterocycles. The molecule has 0 N–H and O–H groups in total. The first-order chi connectivity index (χ1) is 9.92. The zero-order valence-corrected chi connectivity index (χ0v) is 12.0. The average molecular weight is 309 g/mol. The smallest absolute Gasteiger partial charge is 0.325 e. The summed E-state index contributed by atoms with van der Waals surface area (Å²) in [6.45, 7) is 1.11. The minimum absolute atomic E-state index is 0.103.